The van der Waals surface area contributed by atoms with Gasteiger partial charge in [0.2, 0.25) is 0 Å². The van der Waals surface area contributed by atoms with Crippen LogP contribution < -0.4 is 0 Å². The molecule has 1 aliphatic carbocycles. The van der Waals surface area contributed by atoms with Gasteiger partial charge in [0.05, 0.1) is 0 Å². The summed E-state index contributed by atoms with van der Waals surface area (Å²) < 4.78 is 5.88. The number of carboxylic acid groups (broad SMARTS) is 1. The van der Waals surface area contributed by atoms with Crippen molar-refractivity contribution in [1.29, 1.82) is 0 Å². The van der Waals surface area contributed by atoms with Crippen LogP contribution in [-0.2, 0) is 16.0 Å². The van der Waals surface area contributed by atoms with Gasteiger partial charge in [-0.1, -0.05) is 12.1 Å². The molecule has 0 bridgehead atoms. The maximum atomic E-state index is 11.3. The highest BCUT2D eigenvalue weighted by Gasteiger charge is 2.42. The number of H-pyrrole nitrogens is 1. The van der Waals surface area contributed by atoms with Gasteiger partial charge in [-0.05, 0) is 30.7 Å². The largest absolute Gasteiger partial charge is 0.479 e. The molecule has 1 aromatic carbocycles. The summed E-state index contributed by atoms with van der Waals surface area (Å²) >= 11 is 0. The first-order valence-electron chi connectivity index (χ1n) is 6.82. The van der Waals surface area contributed by atoms with Gasteiger partial charge in [0.1, 0.15) is 6.10 Å². The van der Waals surface area contributed by atoms with Crippen LogP contribution in [-0.4, -0.2) is 46.7 Å². The summed E-state index contributed by atoms with van der Waals surface area (Å²) in [6, 6.07) is 6.30. The molecule has 6 heteroatoms. The average molecular weight is 309 g/mol. The van der Waals surface area contributed by atoms with Crippen molar-refractivity contribution in [3.63, 3.8) is 0 Å². The summed E-state index contributed by atoms with van der Waals surface area (Å²) in [5.41, 5.74) is 3.49. The highest BCUT2D eigenvalue weighted by Crippen LogP contribution is 2.41. The van der Waals surface area contributed by atoms with Crippen LogP contribution in [0.15, 0.2) is 24.4 Å². The van der Waals surface area contributed by atoms with Crippen LogP contribution in [0.4, 0.5) is 0 Å². The predicted octanol–water partition coefficient (Wildman–Crippen LogP) is 1.97. The summed E-state index contributed by atoms with van der Waals surface area (Å²) in [5, 5.41) is 10.4. The van der Waals surface area contributed by atoms with E-state index in [9.17, 15) is 9.90 Å². The molecule has 1 aliphatic heterocycles. The summed E-state index contributed by atoms with van der Waals surface area (Å²) in [6.45, 7) is 0.437. The van der Waals surface area contributed by atoms with E-state index in [1.165, 1.54) is 10.9 Å². The number of rotatable bonds is 1. The summed E-state index contributed by atoms with van der Waals surface area (Å²) in [5.74, 6) is -0.887. The topological polar surface area (TPSA) is 65.6 Å². The number of nitrogens with one attached hydrogen (secondary N) is 1. The van der Waals surface area contributed by atoms with Gasteiger partial charge in [-0.15, -0.1) is 12.4 Å². The third-order valence-corrected chi connectivity index (χ3v) is 4.51. The molecular formula is C15H17ClN2O3. The standard InChI is InChI=1S/C15H16N2O3.ClH/c1-17-7-12(15(18)19)20-14-9-3-2-4-10-13(9)8(6-16-10)5-11(14)17;/h2-4,6,11-12,14,16H,5,7H2,1H3,(H,18,19);1H. The minimum absolute atomic E-state index is 0. The lowest BCUT2D eigenvalue weighted by molar-refractivity contribution is -0.171. The lowest BCUT2D eigenvalue weighted by atomic mass is 9.85. The molecule has 0 radical (unpaired) electrons. The number of carboxylic acids is 1. The number of likely N-dealkylation sites (N-methyl/N-ethyl adjacent to an activating group) is 1. The van der Waals surface area contributed by atoms with E-state index in [1.807, 2.05) is 19.2 Å². The first kappa shape index (κ1) is 14.4. The molecular weight excluding hydrogens is 292 g/mol. The Kier molecular flexibility index (Phi) is 3.43. The molecule has 4 rings (SSSR count). The average Bonchev–Trinajstić information content (AvgIpc) is 2.84. The molecule has 0 spiro atoms. The fourth-order valence-corrected chi connectivity index (χ4v) is 3.53. The molecule has 2 N–H and O–H groups in total. The van der Waals surface area contributed by atoms with Gasteiger partial charge in [-0.25, -0.2) is 4.79 Å². The van der Waals surface area contributed by atoms with Crippen LogP contribution in [0, 0.1) is 0 Å². The molecule has 2 aromatic rings. The van der Waals surface area contributed by atoms with Gasteiger partial charge in [0.15, 0.2) is 6.10 Å². The Bertz CT molecular complexity index is 699. The van der Waals surface area contributed by atoms with Gasteiger partial charge >= 0.3 is 5.97 Å². The molecule has 1 aromatic heterocycles. The Morgan fingerprint density at radius 2 is 2.29 bits per heavy atom. The van der Waals surface area contributed by atoms with E-state index in [2.05, 4.69) is 22.1 Å². The van der Waals surface area contributed by atoms with E-state index in [-0.39, 0.29) is 24.6 Å². The molecule has 21 heavy (non-hydrogen) atoms. The van der Waals surface area contributed by atoms with Gasteiger partial charge in [0.25, 0.3) is 0 Å². The first-order chi connectivity index (χ1) is 9.65. The third-order valence-electron chi connectivity index (χ3n) is 4.51. The number of nitrogens with zero attached hydrogens (tertiary/aromatic N) is 1. The minimum Gasteiger partial charge on any atom is -0.479 e. The SMILES string of the molecule is CN1CC(C(=O)O)OC2c3cccc4[nH]cc(c34)CC21.Cl. The molecule has 0 amide bonds. The van der Waals surface area contributed by atoms with Gasteiger partial charge < -0.3 is 14.8 Å². The Morgan fingerprint density at radius 1 is 1.48 bits per heavy atom. The van der Waals surface area contributed by atoms with E-state index in [0.29, 0.717) is 6.54 Å². The summed E-state index contributed by atoms with van der Waals surface area (Å²) in [7, 11) is 1.98. The number of aromatic amines is 1. The molecule has 2 aliphatic rings. The number of hydrogen-bond donors (Lipinski definition) is 2. The maximum absolute atomic E-state index is 11.3. The van der Waals surface area contributed by atoms with Crippen LogP contribution in [0.5, 0.6) is 0 Å². The Hall–Kier alpha value is -1.56. The fourth-order valence-electron chi connectivity index (χ4n) is 3.53. The third kappa shape index (κ3) is 2.04. The van der Waals surface area contributed by atoms with Crippen LogP contribution in [0.1, 0.15) is 17.2 Å². The molecule has 1 saturated heterocycles. The number of halogens is 1. The van der Waals surface area contributed by atoms with Crippen molar-refractivity contribution in [2.24, 2.45) is 0 Å². The van der Waals surface area contributed by atoms with E-state index in [1.54, 1.807) is 0 Å². The van der Waals surface area contributed by atoms with Crippen LogP contribution >= 0.6 is 12.4 Å². The number of aliphatic carboxylic acids is 1. The number of benzene rings is 1. The molecule has 3 unspecified atom stereocenters. The molecule has 5 nitrogen and oxygen atoms in total. The smallest absolute Gasteiger partial charge is 0.334 e. The van der Waals surface area contributed by atoms with E-state index >= 15 is 0 Å². The second-order valence-electron chi connectivity index (χ2n) is 5.68. The lowest BCUT2D eigenvalue weighted by Gasteiger charge is -2.44. The molecule has 0 saturated carbocycles. The zero-order chi connectivity index (χ0) is 13.9. The van der Waals surface area contributed by atoms with Crippen molar-refractivity contribution in [3.8, 4) is 0 Å². The second-order valence-corrected chi connectivity index (χ2v) is 5.68. The van der Waals surface area contributed by atoms with E-state index < -0.39 is 12.1 Å². The van der Waals surface area contributed by atoms with Crippen molar-refractivity contribution in [2.75, 3.05) is 13.6 Å². The Labute approximate surface area is 128 Å². The van der Waals surface area contributed by atoms with Crippen molar-refractivity contribution < 1.29 is 14.6 Å². The normalized spacial score (nSPS) is 28.0. The maximum Gasteiger partial charge on any atom is 0.334 e. The van der Waals surface area contributed by atoms with Crippen molar-refractivity contribution in [1.82, 2.24) is 9.88 Å². The molecule has 3 atom stereocenters. The number of hydrogen-bond acceptors (Lipinski definition) is 3. The van der Waals surface area contributed by atoms with Gasteiger partial charge in [-0.3, -0.25) is 4.90 Å². The molecule has 112 valence electrons. The number of carbonyl (C=O) groups is 1. The minimum atomic E-state index is -0.887. The van der Waals surface area contributed by atoms with Crippen molar-refractivity contribution in [3.05, 3.63) is 35.5 Å². The summed E-state index contributed by atoms with van der Waals surface area (Å²) in [6.07, 6.45) is 2.03. The lowest BCUT2D eigenvalue weighted by Crippen LogP contribution is -2.53. The van der Waals surface area contributed by atoms with Gasteiger partial charge in [0, 0.05) is 29.7 Å². The number of morpholine rings is 1. The number of aromatic nitrogens is 1. The van der Waals surface area contributed by atoms with E-state index in [4.69, 9.17) is 4.74 Å². The second kappa shape index (κ2) is 5.02. The summed E-state index contributed by atoms with van der Waals surface area (Å²) in [4.78, 5) is 16.7. The first-order valence-corrected chi connectivity index (χ1v) is 6.82. The molecule has 2 heterocycles. The zero-order valence-electron chi connectivity index (χ0n) is 11.6. The quantitative estimate of drug-likeness (QED) is 0.845. The Morgan fingerprint density at radius 3 is 3.05 bits per heavy atom. The fraction of sp³-hybridized carbons (Fsp3) is 0.400. The zero-order valence-corrected chi connectivity index (χ0v) is 12.4. The highest BCUT2D eigenvalue weighted by atomic mass is 35.5. The van der Waals surface area contributed by atoms with Crippen LogP contribution in [0.3, 0.4) is 0 Å². The van der Waals surface area contributed by atoms with Crippen LogP contribution in [0.2, 0.25) is 0 Å². The monoisotopic (exact) mass is 308 g/mol. The van der Waals surface area contributed by atoms with E-state index in [0.717, 1.165) is 17.5 Å². The van der Waals surface area contributed by atoms with Gasteiger partial charge in [-0.2, -0.15) is 0 Å². The van der Waals surface area contributed by atoms with Crippen molar-refractivity contribution >= 4 is 29.3 Å². The molecule has 1 fully saturated rings. The van der Waals surface area contributed by atoms with Crippen molar-refractivity contribution in [2.45, 2.75) is 24.7 Å². The Balaban J connectivity index is 0.00000132. The number of ether oxygens (including phenoxy) is 1. The van der Waals surface area contributed by atoms with Crippen LogP contribution in [0.25, 0.3) is 10.9 Å². The highest BCUT2D eigenvalue weighted by molar-refractivity contribution is 5.88. The number of fused-ring (bicyclic) bond motifs is 2. The predicted molar refractivity (Wildman–Crippen MR) is 80.9 cm³/mol.